The average Bonchev–Trinajstić information content (AvgIpc) is 2.53. The standard InChI is InChI=1S/C10H6N2.2C2HF3O2/c11-6-9-3-1-2-8-4-5-12-7-10(8)9;2*3-2(4,5)1(6)7/h1-5,7H;2*(H,6,7). The first kappa shape index (κ1) is 22.6. The third kappa shape index (κ3) is 7.95. The summed E-state index contributed by atoms with van der Waals surface area (Å²) in [6.45, 7) is 0. The number of nitriles is 1. The van der Waals surface area contributed by atoms with Gasteiger partial charge >= 0.3 is 24.3 Å². The maximum Gasteiger partial charge on any atom is 0.490 e. The van der Waals surface area contributed by atoms with E-state index in [1.54, 1.807) is 18.5 Å². The molecule has 2 N–H and O–H groups in total. The second kappa shape index (κ2) is 9.21. The summed E-state index contributed by atoms with van der Waals surface area (Å²) in [4.78, 5) is 21.8. The first-order valence-electron chi connectivity index (χ1n) is 6.13. The number of carbonyl (C=O) groups is 2. The minimum absolute atomic E-state index is 0.681. The Hall–Kier alpha value is -3.36. The number of carboxylic acids is 2. The third-order valence-corrected chi connectivity index (χ3v) is 2.29. The number of rotatable bonds is 0. The van der Waals surface area contributed by atoms with Crippen molar-refractivity contribution in [1.82, 2.24) is 4.98 Å². The molecule has 140 valence electrons. The summed E-state index contributed by atoms with van der Waals surface area (Å²) in [6, 6.07) is 9.67. The molecule has 0 aliphatic carbocycles. The van der Waals surface area contributed by atoms with Crippen LogP contribution in [0.4, 0.5) is 26.3 Å². The minimum Gasteiger partial charge on any atom is -0.475 e. The summed E-state index contributed by atoms with van der Waals surface area (Å²) in [6.07, 6.45) is -6.72. The summed E-state index contributed by atoms with van der Waals surface area (Å²) < 4.78 is 63.5. The molecule has 0 bridgehead atoms. The van der Waals surface area contributed by atoms with E-state index >= 15 is 0 Å². The van der Waals surface area contributed by atoms with Gasteiger partial charge in [0.25, 0.3) is 0 Å². The van der Waals surface area contributed by atoms with Crippen molar-refractivity contribution in [2.45, 2.75) is 12.4 Å². The fourth-order valence-electron chi connectivity index (χ4n) is 1.21. The number of benzene rings is 1. The van der Waals surface area contributed by atoms with Crippen molar-refractivity contribution in [2.75, 3.05) is 0 Å². The van der Waals surface area contributed by atoms with Crippen LogP contribution in [0.15, 0.2) is 36.7 Å². The highest BCUT2D eigenvalue weighted by atomic mass is 19.4. The molecule has 0 saturated heterocycles. The second-order valence-corrected chi connectivity index (χ2v) is 4.12. The summed E-state index contributed by atoms with van der Waals surface area (Å²) >= 11 is 0. The van der Waals surface area contributed by atoms with Gasteiger partial charge in [0.15, 0.2) is 0 Å². The number of halogens is 6. The maximum absolute atomic E-state index is 10.6. The van der Waals surface area contributed by atoms with Gasteiger partial charge < -0.3 is 10.2 Å². The predicted molar refractivity (Wildman–Crippen MR) is 73.8 cm³/mol. The number of carboxylic acid groups (broad SMARTS) is 2. The number of fused-ring (bicyclic) bond motifs is 1. The van der Waals surface area contributed by atoms with E-state index < -0.39 is 24.3 Å². The van der Waals surface area contributed by atoms with E-state index in [-0.39, 0.29) is 0 Å². The Bertz CT molecular complexity index is 782. The Morgan fingerprint density at radius 3 is 1.81 bits per heavy atom. The van der Waals surface area contributed by atoms with Crippen LogP contribution in [0.25, 0.3) is 10.8 Å². The van der Waals surface area contributed by atoms with Crippen LogP contribution in [0.1, 0.15) is 5.56 Å². The van der Waals surface area contributed by atoms with Crippen molar-refractivity contribution >= 4 is 22.7 Å². The molecule has 0 fully saturated rings. The van der Waals surface area contributed by atoms with E-state index in [1.165, 1.54) is 0 Å². The molecule has 0 atom stereocenters. The molecule has 0 unspecified atom stereocenters. The van der Waals surface area contributed by atoms with Gasteiger partial charge in [-0.3, -0.25) is 4.98 Å². The smallest absolute Gasteiger partial charge is 0.475 e. The normalized spacial score (nSPS) is 10.5. The Balaban J connectivity index is 0.000000390. The van der Waals surface area contributed by atoms with E-state index in [9.17, 15) is 26.3 Å². The van der Waals surface area contributed by atoms with Gasteiger partial charge in [0, 0.05) is 17.8 Å². The van der Waals surface area contributed by atoms with Crippen LogP contribution in [0.3, 0.4) is 0 Å². The number of aliphatic carboxylic acids is 2. The SMILES string of the molecule is N#Cc1cccc2ccncc12.O=C(O)C(F)(F)F.O=C(O)C(F)(F)F. The number of aromatic nitrogens is 1. The molecule has 0 saturated carbocycles. The van der Waals surface area contributed by atoms with Gasteiger partial charge in [-0.05, 0) is 17.5 Å². The molecule has 1 aromatic carbocycles. The molecule has 0 aliphatic heterocycles. The van der Waals surface area contributed by atoms with Crippen molar-refractivity contribution in [1.29, 1.82) is 5.26 Å². The van der Waals surface area contributed by atoms with Crippen molar-refractivity contribution < 1.29 is 46.1 Å². The van der Waals surface area contributed by atoms with Crippen molar-refractivity contribution in [3.63, 3.8) is 0 Å². The average molecular weight is 382 g/mol. The largest absolute Gasteiger partial charge is 0.490 e. The second-order valence-electron chi connectivity index (χ2n) is 4.12. The van der Waals surface area contributed by atoms with Crippen LogP contribution in [-0.2, 0) is 9.59 Å². The predicted octanol–water partition coefficient (Wildman–Crippen LogP) is 3.37. The molecule has 0 aliphatic rings. The van der Waals surface area contributed by atoms with Gasteiger partial charge in [-0.25, -0.2) is 9.59 Å². The van der Waals surface area contributed by atoms with Crippen LogP contribution in [0.2, 0.25) is 0 Å². The molecular weight excluding hydrogens is 374 g/mol. The van der Waals surface area contributed by atoms with Gasteiger partial charge in [0.1, 0.15) is 0 Å². The minimum atomic E-state index is -5.08. The van der Waals surface area contributed by atoms with Gasteiger partial charge in [-0.15, -0.1) is 0 Å². The van der Waals surface area contributed by atoms with Gasteiger partial charge in [-0.1, -0.05) is 12.1 Å². The topological polar surface area (TPSA) is 111 Å². The zero-order chi connectivity index (χ0) is 20.5. The summed E-state index contributed by atoms with van der Waals surface area (Å²) in [5.74, 6) is -5.51. The van der Waals surface area contributed by atoms with E-state index in [4.69, 9.17) is 25.1 Å². The zero-order valence-electron chi connectivity index (χ0n) is 12.3. The lowest BCUT2D eigenvalue weighted by Crippen LogP contribution is -2.21. The van der Waals surface area contributed by atoms with Crippen LogP contribution < -0.4 is 0 Å². The monoisotopic (exact) mass is 382 g/mol. The van der Waals surface area contributed by atoms with Crippen molar-refractivity contribution in [2.24, 2.45) is 0 Å². The number of hydrogen-bond acceptors (Lipinski definition) is 4. The van der Waals surface area contributed by atoms with Crippen LogP contribution >= 0.6 is 0 Å². The fraction of sp³-hybridized carbons (Fsp3) is 0.143. The van der Waals surface area contributed by atoms with Crippen LogP contribution in [-0.4, -0.2) is 39.5 Å². The highest BCUT2D eigenvalue weighted by Crippen LogP contribution is 2.16. The summed E-state index contributed by atoms with van der Waals surface area (Å²) in [5, 5.41) is 25.0. The lowest BCUT2D eigenvalue weighted by Gasteiger charge is -1.96. The summed E-state index contributed by atoms with van der Waals surface area (Å²) in [7, 11) is 0. The molecule has 0 spiro atoms. The molecule has 2 rings (SSSR count). The number of alkyl halides is 6. The Labute approximate surface area is 140 Å². The first-order chi connectivity index (χ1) is 11.8. The van der Waals surface area contributed by atoms with Crippen molar-refractivity contribution in [3.05, 3.63) is 42.2 Å². The first-order valence-corrected chi connectivity index (χ1v) is 6.13. The molecule has 1 aromatic heterocycles. The van der Waals surface area contributed by atoms with E-state index in [1.807, 2.05) is 18.2 Å². The molecule has 6 nitrogen and oxygen atoms in total. The lowest BCUT2D eigenvalue weighted by atomic mass is 10.1. The Morgan fingerprint density at radius 1 is 0.962 bits per heavy atom. The number of nitrogens with zero attached hydrogens (tertiary/aromatic N) is 2. The highest BCUT2D eigenvalue weighted by Gasteiger charge is 2.38. The quantitative estimate of drug-likeness (QED) is 0.676. The molecule has 2 aromatic rings. The van der Waals surface area contributed by atoms with Crippen molar-refractivity contribution in [3.8, 4) is 6.07 Å². The highest BCUT2D eigenvalue weighted by molar-refractivity contribution is 5.86. The molecule has 0 radical (unpaired) electrons. The molecule has 1 heterocycles. The van der Waals surface area contributed by atoms with E-state index in [2.05, 4.69) is 11.1 Å². The lowest BCUT2D eigenvalue weighted by molar-refractivity contribution is -0.193. The van der Waals surface area contributed by atoms with E-state index in [0.29, 0.717) is 5.56 Å². The van der Waals surface area contributed by atoms with Gasteiger partial charge in [-0.2, -0.15) is 31.6 Å². The molecule has 26 heavy (non-hydrogen) atoms. The maximum atomic E-state index is 10.6. The third-order valence-electron chi connectivity index (χ3n) is 2.29. The van der Waals surface area contributed by atoms with Gasteiger partial charge in [0.2, 0.25) is 0 Å². The van der Waals surface area contributed by atoms with E-state index in [0.717, 1.165) is 10.8 Å². The van der Waals surface area contributed by atoms with Crippen LogP contribution in [0.5, 0.6) is 0 Å². The van der Waals surface area contributed by atoms with Crippen LogP contribution in [0, 0.1) is 11.3 Å². The summed E-state index contributed by atoms with van der Waals surface area (Å²) in [5.41, 5.74) is 0.681. The molecular formula is C14H8F6N2O4. The number of hydrogen-bond donors (Lipinski definition) is 2. The van der Waals surface area contributed by atoms with Gasteiger partial charge in [0.05, 0.1) is 11.6 Å². The fourth-order valence-corrected chi connectivity index (χ4v) is 1.21. The Kier molecular flexibility index (Phi) is 8.02. The zero-order valence-corrected chi connectivity index (χ0v) is 12.3. The number of pyridine rings is 1. The molecule has 12 heteroatoms. The Morgan fingerprint density at radius 2 is 1.42 bits per heavy atom. The molecule has 0 amide bonds.